The zero-order chi connectivity index (χ0) is 9.14. The number of rotatable bonds is 2. The molecule has 1 heterocycles. The average Bonchev–Trinajstić information content (AvgIpc) is 2.03. The number of halogens is 1. The number of carbonyl (C=O) groups is 1. The van der Waals surface area contributed by atoms with Gasteiger partial charge < -0.3 is 5.11 Å². The second-order valence-electron chi connectivity index (χ2n) is 2.18. The van der Waals surface area contributed by atoms with Crippen molar-refractivity contribution in [2.75, 3.05) is 0 Å². The fourth-order valence-corrected chi connectivity index (χ4v) is 1.07. The van der Waals surface area contributed by atoms with Crippen molar-refractivity contribution in [2.24, 2.45) is 0 Å². The number of carboxylic acids is 1. The monoisotopic (exact) mass is 227 g/mol. The summed E-state index contributed by atoms with van der Waals surface area (Å²) in [5, 5.41) is 8.58. The maximum Gasteiger partial charge on any atom is 0.335 e. The van der Waals surface area contributed by atoms with E-state index in [4.69, 9.17) is 5.11 Å². The number of pyridine rings is 1. The molecule has 12 heavy (non-hydrogen) atoms. The average molecular weight is 228 g/mol. The molecule has 0 amide bonds. The van der Waals surface area contributed by atoms with E-state index in [1.807, 2.05) is 0 Å². The third-order valence-corrected chi connectivity index (χ3v) is 1.75. The summed E-state index contributed by atoms with van der Waals surface area (Å²) in [7, 11) is 0. The lowest BCUT2D eigenvalue weighted by Crippen LogP contribution is -1.98. The molecule has 0 atom stereocenters. The molecule has 62 valence electrons. The zero-order valence-electron chi connectivity index (χ0n) is 6.12. The van der Waals surface area contributed by atoms with Crippen molar-refractivity contribution >= 4 is 27.5 Å². The Kier molecular flexibility index (Phi) is 2.60. The smallest absolute Gasteiger partial charge is 0.335 e. The molecule has 0 aliphatic rings. The van der Waals surface area contributed by atoms with E-state index in [1.165, 1.54) is 6.20 Å². The topological polar surface area (TPSA) is 50.2 Å². The van der Waals surface area contributed by atoms with Crippen LogP contribution in [0.4, 0.5) is 0 Å². The molecule has 0 bridgehead atoms. The highest BCUT2D eigenvalue weighted by molar-refractivity contribution is 9.10. The zero-order valence-corrected chi connectivity index (χ0v) is 7.71. The Morgan fingerprint density at radius 1 is 1.58 bits per heavy atom. The second kappa shape index (κ2) is 3.49. The summed E-state index contributed by atoms with van der Waals surface area (Å²) in [5.74, 6) is -1.03. The first-order valence-electron chi connectivity index (χ1n) is 3.14. The molecule has 3 nitrogen and oxygen atoms in total. The first kappa shape index (κ1) is 8.93. The van der Waals surface area contributed by atoms with Gasteiger partial charge in [0, 0.05) is 22.4 Å². The number of carboxylic acid groups (broad SMARTS) is 1. The molecule has 1 aromatic rings. The Morgan fingerprint density at radius 2 is 2.25 bits per heavy atom. The summed E-state index contributed by atoms with van der Waals surface area (Å²) < 4.78 is 0.738. The van der Waals surface area contributed by atoms with Crippen LogP contribution in [0.3, 0.4) is 0 Å². The maximum absolute atomic E-state index is 10.5. The van der Waals surface area contributed by atoms with E-state index in [0.29, 0.717) is 5.56 Å². The van der Waals surface area contributed by atoms with Crippen LogP contribution in [0.15, 0.2) is 29.5 Å². The molecular weight excluding hydrogens is 222 g/mol. The molecule has 0 aliphatic heterocycles. The molecule has 0 aromatic carbocycles. The molecule has 0 spiro atoms. The summed E-state index contributed by atoms with van der Waals surface area (Å²) >= 11 is 3.18. The van der Waals surface area contributed by atoms with E-state index in [9.17, 15) is 4.79 Å². The van der Waals surface area contributed by atoms with Gasteiger partial charge >= 0.3 is 5.97 Å². The molecule has 1 N–H and O–H groups in total. The molecule has 0 saturated carbocycles. The van der Waals surface area contributed by atoms with Gasteiger partial charge in [-0.2, -0.15) is 0 Å². The van der Waals surface area contributed by atoms with Gasteiger partial charge in [-0.25, -0.2) is 4.79 Å². The summed E-state index contributed by atoms with van der Waals surface area (Å²) in [6, 6.07) is 1.66. The number of aromatic nitrogens is 1. The summed E-state index contributed by atoms with van der Waals surface area (Å²) in [6.45, 7) is 3.41. The van der Waals surface area contributed by atoms with Gasteiger partial charge in [0.05, 0.1) is 5.57 Å². The van der Waals surface area contributed by atoms with Crippen molar-refractivity contribution in [1.29, 1.82) is 0 Å². The fraction of sp³-hybridized carbons (Fsp3) is 0. The van der Waals surface area contributed by atoms with Crippen LogP contribution >= 0.6 is 15.9 Å². The highest BCUT2D eigenvalue weighted by Gasteiger charge is 2.06. The van der Waals surface area contributed by atoms with Crippen molar-refractivity contribution in [3.63, 3.8) is 0 Å². The summed E-state index contributed by atoms with van der Waals surface area (Å²) in [6.07, 6.45) is 3.04. The normalized spacial score (nSPS) is 9.42. The van der Waals surface area contributed by atoms with Crippen LogP contribution in [0.2, 0.25) is 0 Å². The third-order valence-electron chi connectivity index (χ3n) is 1.31. The molecule has 0 radical (unpaired) electrons. The molecule has 0 fully saturated rings. The highest BCUT2D eigenvalue weighted by atomic mass is 79.9. The van der Waals surface area contributed by atoms with Crippen LogP contribution in [0, 0.1) is 0 Å². The van der Waals surface area contributed by atoms with Crippen molar-refractivity contribution in [3.8, 4) is 0 Å². The van der Waals surface area contributed by atoms with Crippen molar-refractivity contribution in [1.82, 2.24) is 4.98 Å². The van der Waals surface area contributed by atoms with Gasteiger partial charge in [0.15, 0.2) is 0 Å². The van der Waals surface area contributed by atoms with Gasteiger partial charge in [-0.1, -0.05) is 6.58 Å². The van der Waals surface area contributed by atoms with Crippen molar-refractivity contribution < 1.29 is 9.90 Å². The van der Waals surface area contributed by atoms with Gasteiger partial charge in [-0.05, 0) is 22.0 Å². The van der Waals surface area contributed by atoms with Gasteiger partial charge in [-0.3, -0.25) is 4.98 Å². The van der Waals surface area contributed by atoms with Gasteiger partial charge in [0.1, 0.15) is 0 Å². The van der Waals surface area contributed by atoms with E-state index in [-0.39, 0.29) is 5.57 Å². The maximum atomic E-state index is 10.5. The van der Waals surface area contributed by atoms with Crippen molar-refractivity contribution in [2.45, 2.75) is 0 Å². The number of aliphatic carboxylic acids is 1. The number of hydrogen-bond donors (Lipinski definition) is 1. The lowest BCUT2D eigenvalue weighted by atomic mass is 10.1. The Bertz CT molecular complexity index is 336. The highest BCUT2D eigenvalue weighted by Crippen LogP contribution is 2.15. The molecule has 0 unspecified atom stereocenters. The van der Waals surface area contributed by atoms with E-state index in [1.54, 1.807) is 12.3 Å². The minimum atomic E-state index is -1.03. The number of nitrogens with zero attached hydrogens (tertiary/aromatic N) is 1. The third kappa shape index (κ3) is 1.92. The molecule has 0 aliphatic carbocycles. The summed E-state index contributed by atoms with van der Waals surface area (Å²) in [5.41, 5.74) is 0.556. The van der Waals surface area contributed by atoms with Crippen LogP contribution in [0.25, 0.3) is 5.57 Å². The largest absolute Gasteiger partial charge is 0.478 e. The molecule has 4 heteroatoms. The minimum absolute atomic E-state index is 0.0452. The lowest BCUT2D eigenvalue weighted by Gasteiger charge is -1.98. The first-order chi connectivity index (χ1) is 5.61. The second-order valence-corrected chi connectivity index (χ2v) is 3.09. The predicted octanol–water partition coefficient (Wildman–Crippen LogP) is 1.94. The Labute approximate surface area is 77.9 Å². The Morgan fingerprint density at radius 3 is 2.75 bits per heavy atom. The van der Waals surface area contributed by atoms with E-state index in [0.717, 1.165) is 4.47 Å². The van der Waals surface area contributed by atoms with E-state index < -0.39 is 5.97 Å². The van der Waals surface area contributed by atoms with Gasteiger partial charge in [0.25, 0.3) is 0 Å². The van der Waals surface area contributed by atoms with Gasteiger partial charge in [-0.15, -0.1) is 0 Å². The Hall–Kier alpha value is -1.16. The summed E-state index contributed by atoms with van der Waals surface area (Å²) in [4.78, 5) is 14.3. The quantitative estimate of drug-likeness (QED) is 0.787. The van der Waals surface area contributed by atoms with E-state index in [2.05, 4.69) is 27.5 Å². The molecule has 0 saturated heterocycles. The molecule has 1 aromatic heterocycles. The van der Waals surface area contributed by atoms with Crippen LogP contribution in [-0.4, -0.2) is 16.1 Å². The predicted molar refractivity (Wildman–Crippen MR) is 48.6 cm³/mol. The minimum Gasteiger partial charge on any atom is -0.478 e. The van der Waals surface area contributed by atoms with E-state index >= 15 is 0 Å². The van der Waals surface area contributed by atoms with Crippen LogP contribution < -0.4 is 0 Å². The van der Waals surface area contributed by atoms with Gasteiger partial charge in [0.2, 0.25) is 0 Å². The molecule has 1 rings (SSSR count). The first-order valence-corrected chi connectivity index (χ1v) is 3.93. The lowest BCUT2D eigenvalue weighted by molar-refractivity contribution is -0.130. The molecular formula is C8H6BrNO2. The van der Waals surface area contributed by atoms with Crippen LogP contribution in [0.5, 0.6) is 0 Å². The SMILES string of the molecule is C=C(C(=O)O)c1cncc(Br)c1. The Balaban J connectivity index is 3.04. The standard InChI is InChI=1S/C8H6BrNO2/c1-5(8(11)12)6-2-7(9)4-10-3-6/h2-4H,1H2,(H,11,12). The number of hydrogen-bond acceptors (Lipinski definition) is 2. The van der Waals surface area contributed by atoms with Crippen LogP contribution in [0.1, 0.15) is 5.56 Å². The van der Waals surface area contributed by atoms with Crippen LogP contribution in [-0.2, 0) is 4.79 Å². The van der Waals surface area contributed by atoms with Crippen molar-refractivity contribution in [3.05, 3.63) is 35.1 Å². The fourth-order valence-electron chi connectivity index (χ4n) is 0.700.